The highest BCUT2D eigenvalue weighted by molar-refractivity contribution is 7.80. The SMILES string of the molecule is Cc1cccc(C=NCc2ccccc2)c1S. The molecule has 0 aromatic heterocycles. The fraction of sp³-hybridized carbons (Fsp3) is 0.133. The average molecular weight is 241 g/mol. The van der Waals surface area contributed by atoms with E-state index in [9.17, 15) is 0 Å². The zero-order chi connectivity index (χ0) is 12.1. The van der Waals surface area contributed by atoms with E-state index in [1.165, 1.54) is 11.1 Å². The maximum atomic E-state index is 4.48. The van der Waals surface area contributed by atoms with Crippen LogP contribution in [0.2, 0.25) is 0 Å². The fourth-order valence-electron chi connectivity index (χ4n) is 1.62. The number of rotatable bonds is 3. The number of hydrogen-bond donors (Lipinski definition) is 1. The lowest BCUT2D eigenvalue weighted by Gasteiger charge is -2.02. The summed E-state index contributed by atoms with van der Waals surface area (Å²) < 4.78 is 0. The first-order valence-electron chi connectivity index (χ1n) is 5.59. The van der Waals surface area contributed by atoms with E-state index in [4.69, 9.17) is 0 Å². The predicted octanol–water partition coefficient (Wildman–Crippen LogP) is 3.90. The first kappa shape index (κ1) is 11.9. The van der Waals surface area contributed by atoms with Crippen molar-refractivity contribution in [1.82, 2.24) is 0 Å². The maximum absolute atomic E-state index is 4.48. The molecule has 0 aliphatic heterocycles. The van der Waals surface area contributed by atoms with Crippen LogP contribution in [-0.2, 0) is 6.54 Å². The van der Waals surface area contributed by atoms with Crippen LogP contribution in [0.4, 0.5) is 0 Å². The van der Waals surface area contributed by atoms with E-state index in [0.29, 0.717) is 6.54 Å². The van der Waals surface area contributed by atoms with Gasteiger partial charge in [-0.15, -0.1) is 12.6 Å². The van der Waals surface area contributed by atoms with Gasteiger partial charge in [-0.05, 0) is 18.1 Å². The predicted molar refractivity (Wildman–Crippen MR) is 76.2 cm³/mol. The molecule has 0 heterocycles. The summed E-state index contributed by atoms with van der Waals surface area (Å²) in [5.41, 5.74) is 3.47. The van der Waals surface area contributed by atoms with Crippen LogP contribution in [0, 0.1) is 6.92 Å². The van der Waals surface area contributed by atoms with Crippen molar-refractivity contribution in [1.29, 1.82) is 0 Å². The lowest BCUT2D eigenvalue weighted by Crippen LogP contribution is -1.88. The van der Waals surface area contributed by atoms with E-state index in [1.54, 1.807) is 0 Å². The molecular weight excluding hydrogens is 226 g/mol. The first-order chi connectivity index (χ1) is 8.27. The second-order valence-corrected chi connectivity index (χ2v) is 4.42. The molecule has 0 N–H and O–H groups in total. The second kappa shape index (κ2) is 5.69. The summed E-state index contributed by atoms with van der Waals surface area (Å²) in [4.78, 5) is 5.44. The average Bonchev–Trinajstić information content (AvgIpc) is 2.36. The monoisotopic (exact) mass is 241 g/mol. The topological polar surface area (TPSA) is 12.4 Å². The van der Waals surface area contributed by atoms with Crippen LogP contribution in [-0.4, -0.2) is 6.21 Å². The third-order valence-corrected chi connectivity index (χ3v) is 3.23. The highest BCUT2D eigenvalue weighted by atomic mass is 32.1. The molecule has 86 valence electrons. The number of hydrogen-bond acceptors (Lipinski definition) is 2. The summed E-state index contributed by atoms with van der Waals surface area (Å²) in [6.45, 7) is 2.76. The smallest absolute Gasteiger partial charge is 0.0639 e. The summed E-state index contributed by atoms with van der Waals surface area (Å²) in [5, 5.41) is 0. The van der Waals surface area contributed by atoms with Crippen LogP contribution in [0.25, 0.3) is 0 Å². The van der Waals surface area contributed by atoms with Gasteiger partial charge in [0.2, 0.25) is 0 Å². The Morgan fingerprint density at radius 2 is 1.82 bits per heavy atom. The standard InChI is InChI=1S/C15H15NS/c1-12-6-5-9-14(15(12)17)11-16-10-13-7-3-2-4-8-13/h2-9,11,17H,10H2,1H3. The van der Waals surface area contributed by atoms with Crippen LogP contribution >= 0.6 is 12.6 Å². The van der Waals surface area contributed by atoms with E-state index >= 15 is 0 Å². The Morgan fingerprint density at radius 1 is 1.06 bits per heavy atom. The van der Waals surface area contributed by atoms with Gasteiger partial charge < -0.3 is 0 Å². The lowest BCUT2D eigenvalue weighted by molar-refractivity contribution is 1.07. The van der Waals surface area contributed by atoms with Gasteiger partial charge in [0.05, 0.1) is 6.54 Å². The number of benzene rings is 2. The fourth-order valence-corrected chi connectivity index (χ4v) is 1.83. The van der Waals surface area contributed by atoms with Crippen LogP contribution in [0.15, 0.2) is 58.4 Å². The molecule has 0 fully saturated rings. The summed E-state index contributed by atoms with van der Waals surface area (Å²) >= 11 is 4.48. The molecule has 0 aliphatic rings. The molecule has 2 aromatic rings. The number of aryl methyl sites for hydroxylation is 1. The molecule has 0 spiro atoms. The molecule has 0 saturated heterocycles. The molecule has 2 rings (SSSR count). The van der Waals surface area contributed by atoms with Crippen LogP contribution in [0.5, 0.6) is 0 Å². The Morgan fingerprint density at radius 3 is 2.59 bits per heavy atom. The molecule has 2 heteroatoms. The van der Waals surface area contributed by atoms with Crippen molar-refractivity contribution < 1.29 is 0 Å². The quantitative estimate of drug-likeness (QED) is 0.618. The molecule has 0 aliphatic carbocycles. The van der Waals surface area contributed by atoms with Gasteiger partial charge in [-0.3, -0.25) is 4.99 Å². The van der Waals surface area contributed by atoms with Crippen molar-refractivity contribution in [3.8, 4) is 0 Å². The number of aliphatic imine (C=N–C) groups is 1. The molecule has 17 heavy (non-hydrogen) atoms. The molecule has 0 saturated carbocycles. The van der Waals surface area contributed by atoms with Crippen molar-refractivity contribution in [3.05, 3.63) is 65.2 Å². The van der Waals surface area contributed by atoms with E-state index in [2.05, 4.69) is 42.7 Å². The van der Waals surface area contributed by atoms with Crippen LogP contribution in [0.3, 0.4) is 0 Å². The zero-order valence-electron chi connectivity index (χ0n) is 9.80. The summed E-state index contributed by atoms with van der Waals surface area (Å²) in [7, 11) is 0. The highest BCUT2D eigenvalue weighted by Gasteiger charge is 1.97. The van der Waals surface area contributed by atoms with E-state index in [-0.39, 0.29) is 0 Å². The van der Waals surface area contributed by atoms with Gasteiger partial charge in [-0.25, -0.2) is 0 Å². The minimum Gasteiger partial charge on any atom is -0.288 e. The molecule has 0 amide bonds. The third-order valence-electron chi connectivity index (χ3n) is 2.62. The van der Waals surface area contributed by atoms with E-state index in [0.717, 1.165) is 10.5 Å². The van der Waals surface area contributed by atoms with E-state index < -0.39 is 0 Å². The summed E-state index contributed by atoms with van der Waals surface area (Å²) in [6.07, 6.45) is 1.89. The van der Waals surface area contributed by atoms with Crippen molar-refractivity contribution in [2.24, 2.45) is 4.99 Å². The van der Waals surface area contributed by atoms with Gasteiger partial charge in [-0.2, -0.15) is 0 Å². The maximum Gasteiger partial charge on any atom is 0.0639 e. The molecule has 0 radical (unpaired) electrons. The lowest BCUT2D eigenvalue weighted by atomic mass is 10.1. The molecule has 1 nitrogen and oxygen atoms in total. The Labute approximate surface area is 108 Å². The van der Waals surface area contributed by atoms with Crippen molar-refractivity contribution in [3.63, 3.8) is 0 Å². The molecule has 0 unspecified atom stereocenters. The molecule has 2 aromatic carbocycles. The summed E-state index contributed by atoms with van der Waals surface area (Å²) in [6, 6.07) is 16.3. The minimum absolute atomic E-state index is 0.710. The highest BCUT2D eigenvalue weighted by Crippen LogP contribution is 2.16. The van der Waals surface area contributed by atoms with Gasteiger partial charge >= 0.3 is 0 Å². The van der Waals surface area contributed by atoms with Crippen molar-refractivity contribution in [2.75, 3.05) is 0 Å². The second-order valence-electron chi connectivity index (χ2n) is 3.97. The van der Waals surface area contributed by atoms with Crippen molar-refractivity contribution in [2.45, 2.75) is 18.4 Å². The molecule has 0 bridgehead atoms. The van der Waals surface area contributed by atoms with Gasteiger partial charge in [0.15, 0.2) is 0 Å². The largest absolute Gasteiger partial charge is 0.288 e. The van der Waals surface area contributed by atoms with Crippen LogP contribution < -0.4 is 0 Å². The zero-order valence-corrected chi connectivity index (χ0v) is 10.7. The van der Waals surface area contributed by atoms with Crippen molar-refractivity contribution >= 4 is 18.8 Å². The van der Waals surface area contributed by atoms with Gasteiger partial charge in [0, 0.05) is 16.7 Å². The Hall–Kier alpha value is -1.54. The normalized spacial score (nSPS) is 10.9. The molecular formula is C15H15NS. The van der Waals surface area contributed by atoms with E-state index in [1.807, 2.05) is 36.5 Å². The Bertz CT molecular complexity index is 518. The third kappa shape index (κ3) is 3.21. The number of nitrogens with zero attached hydrogens (tertiary/aromatic N) is 1. The summed E-state index contributed by atoms with van der Waals surface area (Å²) in [5.74, 6) is 0. The first-order valence-corrected chi connectivity index (χ1v) is 6.04. The van der Waals surface area contributed by atoms with Gasteiger partial charge in [0.1, 0.15) is 0 Å². The van der Waals surface area contributed by atoms with Crippen LogP contribution in [0.1, 0.15) is 16.7 Å². The minimum atomic E-state index is 0.710. The number of thiol groups is 1. The van der Waals surface area contributed by atoms with Gasteiger partial charge in [-0.1, -0.05) is 48.5 Å². The molecule has 0 atom stereocenters. The Kier molecular flexibility index (Phi) is 3.99. The van der Waals surface area contributed by atoms with Gasteiger partial charge in [0.25, 0.3) is 0 Å². The Balaban J connectivity index is 2.09.